The third-order valence-electron chi connectivity index (χ3n) is 3.96. The number of benzene rings is 1. The summed E-state index contributed by atoms with van der Waals surface area (Å²) in [6, 6.07) is 14.0. The van der Waals surface area contributed by atoms with Crippen molar-refractivity contribution >= 4 is 28.3 Å². The first kappa shape index (κ1) is 18.8. The molecule has 0 aliphatic heterocycles. The molecular weight excluding hydrogens is 362 g/mol. The van der Waals surface area contributed by atoms with E-state index >= 15 is 0 Å². The quantitative estimate of drug-likeness (QED) is 0.599. The third kappa shape index (κ3) is 4.83. The van der Waals surface area contributed by atoms with E-state index < -0.39 is 5.97 Å². The average Bonchev–Trinajstić information content (AvgIpc) is 3.28. The number of rotatable bonds is 7. The van der Waals surface area contributed by atoms with Crippen LogP contribution in [0.4, 0.5) is 5.13 Å². The van der Waals surface area contributed by atoms with Gasteiger partial charge in [-0.25, -0.2) is 9.78 Å². The molecule has 0 atom stereocenters. The summed E-state index contributed by atoms with van der Waals surface area (Å²) in [7, 11) is 0. The van der Waals surface area contributed by atoms with E-state index in [1.54, 1.807) is 13.8 Å². The van der Waals surface area contributed by atoms with E-state index in [1.165, 1.54) is 0 Å². The van der Waals surface area contributed by atoms with Crippen LogP contribution >= 0.6 is 11.3 Å². The molecule has 2 aromatic heterocycles. The van der Waals surface area contributed by atoms with Crippen LogP contribution in [0.25, 0.3) is 11.3 Å². The van der Waals surface area contributed by atoms with Gasteiger partial charge in [0, 0.05) is 17.8 Å². The van der Waals surface area contributed by atoms with Gasteiger partial charge in [-0.2, -0.15) is 0 Å². The number of carbonyl (C=O) groups is 2. The minimum absolute atomic E-state index is 0.144. The zero-order valence-corrected chi connectivity index (χ0v) is 16.1. The van der Waals surface area contributed by atoms with Crippen LogP contribution in [0, 0.1) is 6.92 Å². The highest BCUT2D eigenvalue weighted by Gasteiger charge is 2.17. The highest BCUT2D eigenvalue weighted by Crippen LogP contribution is 2.24. The first-order valence-electron chi connectivity index (χ1n) is 8.74. The molecule has 6 nitrogen and oxygen atoms in total. The monoisotopic (exact) mass is 383 g/mol. The number of ether oxygens (including phenoxy) is 1. The second kappa shape index (κ2) is 8.64. The second-order valence-electron chi connectivity index (χ2n) is 5.97. The van der Waals surface area contributed by atoms with E-state index in [-0.39, 0.29) is 5.91 Å². The van der Waals surface area contributed by atoms with Gasteiger partial charge in [0.1, 0.15) is 4.88 Å². The normalized spacial score (nSPS) is 10.6. The molecule has 0 spiro atoms. The summed E-state index contributed by atoms with van der Waals surface area (Å²) >= 11 is 1.13. The number of hydrogen-bond donors (Lipinski definition) is 2. The predicted octanol–water partition coefficient (Wildman–Crippen LogP) is 4.19. The first-order valence-corrected chi connectivity index (χ1v) is 9.56. The van der Waals surface area contributed by atoms with Crippen molar-refractivity contribution in [1.82, 2.24) is 9.97 Å². The number of esters is 1. The molecule has 0 aliphatic carbocycles. The summed E-state index contributed by atoms with van der Waals surface area (Å²) in [5.41, 5.74) is 3.69. The summed E-state index contributed by atoms with van der Waals surface area (Å²) in [6.07, 6.45) is 0.913. The fourth-order valence-electron chi connectivity index (χ4n) is 2.64. The van der Waals surface area contributed by atoms with Crippen molar-refractivity contribution in [2.75, 3.05) is 11.9 Å². The molecule has 0 unspecified atom stereocenters. The number of hydrogen-bond acceptors (Lipinski definition) is 5. The highest BCUT2D eigenvalue weighted by molar-refractivity contribution is 7.17. The van der Waals surface area contributed by atoms with E-state index in [9.17, 15) is 9.59 Å². The van der Waals surface area contributed by atoms with Crippen molar-refractivity contribution in [2.24, 2.45) is 0 Å². The van der Waals surface area contributed by atoms with Crippen LogP contribution < -0.4 is 5.32 Å². The van der Waals surface area contributed by atoms with E-state index in [1.807, 2.05) is 42.5 Å². The Kier molecular flexibility index (Phi) is 6.03. The van der Waals surface area contributed by atoms with Gasteiger partial charge < -0.3 is 15.0 Å². The number of amides is 1. The minimum atomic E-state index is -0.409. The Morgan fingerprint density at radius 1 is 1.19 bits per heavy atom. The lowest BCUT2D eigenvalue weighted by molar-refractivity contribution is -0.116. The number of aromatic nitrogens is 2. The van der Waals surface area contributed by atoms with Crippen LogP contribution in [0.2, 0.25) is 0 Å². The largest absolute Gasteiger partial charge is 0.462 e. The summed E-state index contributed by atoms with van der Waals surface area (Å²) in [5, 5.41) is 3.17. The molecule has 140 valence electrons. The number of H-pyrrole nitrogens is 1. The van der Waals surface area contributed by atoms with Crippen molar-refractivity contribution in [1.29, 1.82) is 0 Å². The average molecular weight is 383 g/mol. The van der Waals surface area contributed by atoms with Gasteiger partial charge in [0.25, 0.3) is 0 Å². The molecule has 3 aromatic rings. The molecule has 2 heterocycles. The van der Waals surface area contributed by atoms with Crippen molar-refractivity contribution in [2.45, 2.75) is 26.7 Å². The summed E-state index contributed by atoms with van der Waals surface area (Å²) in [5.74, 6) is -0.553. The minimum Gasteiger partial charge on any atom is -0.462 e. The Hall–Kier alpha value is -2.93. The summed E-state index contributed by atoms with van der Waals surface area (Å²) in [6.45, 7) is 3.78. The third-order valence-corrected chi connectivity index (χ3v) is 5.01. The van der Waals surface area contributed by atoms with Gasteiger partial charge in [0.15, 0.2) is 5.13 Å². The van der Waals surface area contributed by atoms with Gasteiger partial charge in [-0.05, 0) is 38.0 Å². The molecule has 1 aromatic carbocycles. The Bertz CT molecular complexity index is 931. The van der Waals surface area contributed by atoms with Gasteiger partial charge in [-0.3, -0.25) is 4.79 Å². The molecule has 0 saturated carbocycles. The predicted molar refractivity (Wildman–Crippen MR) is 106 cm³/mol. The maximum Gasteiger partial charge on any atom is 0.350 e. The zero-order valence-electron chi connectivity index (χ0n) is 15.2. The Balaban J connectivity index is 1.55. The molecule has 3 rings (SSSR count). The number of aryl methyl sites for hydroxylation is 2. The molecule has 2 N–H and O–H groups in total. The van der Waals surface area contributed by atoms with Crippen molar-refractivity contribution in [3.63, 3.8) is 0 Å². The number of nitrogens with zero attached hydrogens (tertiary/aromatic N) is 1. The van der Waals surface area contributed by atoms with Gasteiger partial charge in [0.05, 0.1) is 12.3 Å². The Morgan fingerprint density at radius 2 is 1.96 bits per heavy atom. The standard InChI is InChI=1S/C20H21N3O3S/c1-3-26-19(25)18-13(2)21-20(27-18)23-17(24)12-10-15-9-11-16(22-15)14-7-5-4-6-8-14/h4-9,11,22H,3,10,12H2,1-2H3,(H,21,23,24). The molecular formula is C20H21N3O3S. The number of anilines is 1. The van der Waals surface area contributed by atoms with E-state index in [0.717, 1.165) is 28.3 Å². The fourth-order valence-corrected chi connectivity index (χ4v) is 3.51. The number of nitrogens with one attached hydrogen (secondary N) is 2. The maximum absolute atomic E-state index is 12.2. The summed E-state index contributed by atoms with van der Waals surface area (Å²) in [4.78, 5) is 32.0. The van der Waals surface area contributed by atoms with Crippen LogP contribution in [0.3, 0.4) is 0 Å². The molecule has 0 radical (unpaired) electrons. The molecule has 27 heavy (non-hydrogen) atoms. The van der Waals surface area contributed by atoms with Crippen LogP contribution in [-0.2, 0) is 16.0 Å². The lowest BCUT2D eigenvalue weighted by atomic mass is 10.2. The molecule has 0 saturated heterocycles. The molecule has 0 fully saturated rings. The smallest absolute Gasteiger partial charge is 0.350 e. The molecule has 7 heteroatoms. The van der Waals surface area contributed by atoms with Crippen molar-refractivity contribution in [3.05, 3.63) is 58.7 Å². The van der Waals surface area contributed by atoms with E-state index in [0.29, 0.717) is 35.2 Å². The zero-order chi connectivity index (χ0) is 19.2. The highest BCUT2D eigenvalue weighted by atomic mass is 32.1. The number of thiazole rings is 1. The van der Waals surface area contributed by atoms with E-state index in [4.69, 9.17) is 4.74 Å². The fraction of sp³-hybridized carbons (Fsp3) is 0.250. The van der Waals surface area contributed by atoms with Gasteiger partial charge in [0.2, 0.25) is 5.91 Å². The number of aromatic amines is 1. The van der Waals surface area contributed by atoms with Crippen molar-refractivity contribution < 1.29 is 14.3 Å². The summed E-state index contributed by atoms with van der Waals surface area (Å²) < 4.78 is 4.99. The first-order chi connectivity index (χ1) is 13.1. The van der Waals surface area contributed by atoms with Crippen LogP contribution in [0.1, 0.15) is 34.4 Å². The molecule has 0 aliphatic rings. The molecule has 1 amide bonds. The van der Waals surface area contributed by atoms with Crippen LogP contribution in [0.5, 0.6) is 0 Å². The topological polar surface area (TPSA) is 84.1 Å². The van der Waals surface area contributed by atoms with Crippen molar-refractivity contribution in [3.8, 4) is 11.3 Å². The maximum atomic E-state index is 12.2. The lowest BCUT2D eigenvalue weighted by Crippen LogP contribution is -2.12. The van der Waals surface area contributed by atoms with Crippen LogP contribution in [-0.4, -0.2) is 28.5 Å². The van der Waals surface area contributed by atoms with E-state index in [2.05, 4.69) is 15.3 Å². The SMILES string of the molecule is CCOC(=O)c1sc(NC(=O)CCc2ccc(-c3ccccc3)[nH]2)nc1C. The van der Waals surface area contributed by atoms with Crippen LogP contribution in [0.15, 0.2) is 42.5 Å². The van der Waals surface area contributed by atoms with Gasteiger partial charge >= 0.3 is 5.97 Å². The Labute approximate surface area is 161 Å². The van der Waals surface area contributed by atoms with Gasteiger partial charge in [-0.1, -0.05) is 41.7 Å². The molecule has 0 bridgehead atoms. The lowest BCUT2D eigenvalue weighted by Gasteiger charge is -2.01. The van der Waals surface area contributed by atoms with Gasteiger partial charge in [-0.15, -0.1) is 0 Å². The number of carbonyl (C=O) groups excluding carboxylic acids is 2. The Morgan fingerprint density at radius 3 is 2.70 bits per heavy atom. The second-order valence-corrected chi connectivity index (χ2v) is 6.96.